The van der Waals surface area contributed by atoms with E-state index in [0.29, 0.717) is 31.9 Å². The molecule has 0 bridgehead atoms. The van der Waals surface area contributed by atoms with Crippen molar-refractivity contribution in [3.8, 4) is 0 Å². The average Bonchev–Trinajstić information content (AvgIpc) is 2.60. The Morgan fingerprint density at radius 2 is 1.77 bits per heavy atom. The van der Waals surface area contributed by atoms with Crippen LogP contribution in [0.15, 0.2) is 18.6 Å². The molecule has 1 aliphatic heterocycles. The predicted molar refractivity (Wildman–Crippen MR) is 93.4 cm³/mol. The number of carbonyl (C=O) groups excluding carboxylic acids is 3. The number of ether oxygens (including phenoxy) is 1. The molecule has 0 aliphatic carbocycles. The molecular formula is C17H25N5O4. The second kappa shape index (κ2) is 8.59. The van der Waals surface area contributed by atoms with E-state index in [9.17, 15) is 14.4 Å². The lowest BCUT2D eigenvalue weighted by molar-refractivity contribution is -0.132. The first kappa shape index (κ1) is 19.6. The van der Waals surface area contributed by atoms with E-state index in [2.05, 4.69) is 15.3 Å². The summed E-state index contributed by atoms with van der Waals surface area (Å²) in [5.41, 5.74) is -0.270. The van der Waals surface area contributed by atoms with Gasteiger partial charge in [-0.25, -0.2) is 9.78 Å². The first-order valence-corrected chi connectivity index (χ1v) is 8.56. The molecule has 142 valence electrons. The van der Waals surface area contributed by atoms with Crippen LogP contribution >= 0.6 is 0 Å². The van der Waals surface area contributed by atoms with Gasteiger partial charge in [-0.2, -0.15) is 0 Å². The summed E-state index contributed by atoms with van der Waals surface area (Å²) >= 11 is 0. The van der Waals surface area contributed by atoms with Gasteiger partial charge in [0.1, 0.15) is 11.3 Å². The largest absolute Gasteiger partial charge is 0.444 e. The van der Waals surface area contributed by atoms with Gasteiger partial charge in [0.05, 0.1) is 6.20 Å². The molecule has 1 aromatic heterocycles. The lowest BCUT2D eigenvalue weighted by atomic mass is 10.2. The van der Waals surface area contributed by atoms with Crippen LogP contribution in [0.1, 0.15) is 37.7 Å². The molecule has 0 atom stereocenters. The molecular weight excluding hydrogens is 338 g/mol. The highest BCUT2D eigenvalue weighted by atomic mass is 16.6. The van der Waals surface area contributed by atoms with Crippen LogP contribution in [0.2, 0.25) is 0 Å². The maximum Gasteiger partial charge on any atom is 0.407 e. The van der Waals surface area contributed by atoms with Crippen molar-refractivity contribution in [3.05, 3.63) is 24.3 Å². The van der Waals surface area contributed by atoms with Crippen molar-refractivity contribution in [3.63, 3.8) is 0 Å². The molecule has 2 rings (SSSR count). The van der Waals surface area contributed by atoms with Crippen molar-refractivity contribution in [2.75, 3.05) is 32.7 Å². The van der Waals surface area contributed by atoms with Crippen LogP contribution in [-0.2, 0) is 9.53 Å². The number of hydrogen-bond donors (Lipinski definition) is 1. The zero-order valence-corrected chi connectivity index (χ0v) is 15.4. The van der Waals surface area contributed by atoms with Crippen molar-refractivity contribution in [2.24, 2.45) is 0 Å². The minimum Gasteiger partial charge on any atom is -0.444 e. The monoisotopic (exact) mass is 363 g/mol. The van der Waals surface area contributed by atoms with E-state index in [4.69, 9.17) is 4.74 Å². The van der Waals surface area contributed by atoms with Crippen molar-refractivity contribution >= 4 is 17.9 Å². The summed E-state index contributed by atoms with van der Waals surface area (Å²) in [7, 11) is 0. The maximum absolute atomic E-state index is 12.3. The molecule has 3 amide bonds. The first-order chi connectivity index (χ1) is 12.3. The summed E-state index contributed by atoms with van der Waals surface area (Å²) in [5.74, 6) is -0.246. The predicted octanol–water partition coefficient (Wildman–Crippen LogP) is 0.676. The summed E-state index contributed by atoms with van der Waals surface area (Å²) in [6, 6.07) is 0. The molecule has 1 fully saturated rings. The lowest BCUT2D eigenvalue weighted by Crippen LogP contribution is -2.51. The number of piperazine rings is 1. The first-order valence-electron chi connectivity index (χ1n) is 8.56. The van der Waals surface area contributed by atoms with Crippen molar-refractivity contribution in [1.29, 1.82) is 0 Å². The molecule has 9 nitrogen and oxygen atoms in total. The fraction of sp³-hybridized carbons (Fsp3) is 0.588. The highest BCUT2D eigenvalue weighted by molar-refractivity contribution is 5.92. The third-order valence-corrected chi connectivity index (χ3v) is 3.71. The third kappa shape index (κ3) is 5.98. The third-order valence-electron chi connectivity index (χ3n) is 3.71. The van der Waals surface area contributed by atoms with Crippen molar-refractivity contribution in [2.45, 2.75) is 32.8 Å². The number of aromatic nitrogens is 2. The van der Waals surface area contributed by atoms with E-state index in [0.717, 1.165) is 0 Å². The molecule has 1 aliphatic rings. The van der Waals surface area contributed by atoms with Crippen LogP contribution in [-0.4, -0.2) is 76.0 Å². The van der Waals surface area contributed by atoms with Crippen LogP contribution in [0.25, 0.3) is 0 Å². The Morgan fingerprint density at radius 1 is 1.12 bits per heavy atom. The number of nitrogens with one attached hydrogen (secondary N) is 1. The lowest BCUT2D eigenvalue weighted by Gasteiger charge is -2.34. The summed E-state index contributed by atoms with van der Waals surface area (Å²) in [6.45, 7) is 7.35. The van der Waals surface area contributed by atoms with E-state index in [1.54, 1.807) is 30.6 Å². The molecule has 0 aromatic carbocycles. The quantitative estimate of drug-likeness (QED) is 0.843. The molecule has 0 radical (unpaired) electrons. The van der Waals surface area contributed by atoms with Crippen molar-refractivity contribution < 1.29 is 19.1 Å². The molecule has 0 spiro atoms. The van der Waals surface area contributed by atoms with Crippen molar-refractivity contribution in [1.82, 2.24) is 25.1 Å². The van der Waals surface area contributed by atoms with Gasteiger partial charge in [-0.15, -0.1) is 0 Å². The second-order valence-corrected chi connectivity index (χ2v) is 6.94. The number of rotatable bonds is 4. The fourth-order valence-electron chi connectivity index (χ4n) is 2.47. The van der Waals surface area contributed by atoms with Crippen LogP contribution < -0.4 is 5.32 Å². The van der Waals surface area contributed by atoms with Gasteiger partial charge >= 0.3 is 6.09 Å². The van der Waals surface area contributed by atoms with E-state index >= 15 is 0 Å². The number of nitrogens with zero attached hydrogens (tertiary/aromatic N) is 4. The van der Waals surface area contributed by atoms with E-state index in [1.165, 1.54) is 18.6 Å². The van der Waals surface area contributed by atoms with Crippen LogP contribution in [0.3, 0.4) is 0 Å². The van der Waals surface area contributed by atoms with Gasteiger partial charge in [0.2, 0.25) is 5.91 Å². The molecule has 9 heteroatoms. The molecule has 26 heavy (non-hydrogen) atoms. The average molecular weight is 363 g/mol. The molecule has 1 N–H and O–H groups in total. The van der Waals surface area contributed by atoms with Gasteiger partial charge in [0.15, 0.2) is 0 Å². The standard InChI is InChI=1S/C17H25N5O4/c1-17(2,3)26-16(25)20-5-4-14(23)21-8-10-22(11-9-21)15(24)13-12-18-6-7-19-13/h6-7,12H,4-5,8-11H2,1-3H3,(H,20,25). The van der Waals surface area contributed by atoms with E-state index in [-0.39, 0.29) is 24.8 Å². The summed E-state index contributed by atoms with van der Waals surface area (Å²) in [5, 5.41) is 2.57. The van der Waals surface area contributed by atoms with Gasteiger partial charge in [-0.3, -0.25) is 14.6 Å². The maximum atomic E-state index is 12.3. The highest BCUT2D eigenvalue weighted by Crippen LogP contribution is 2.08. The minimum absolute atomic E-state index is 0.0624. The molecule has 0 unspecified atom stereocenters. The van der Waals surface area contributed by atoms with E-state index < -0.39 is 11.7 Å². The molecule has 0 saturated carbocycles. The Bertz CT molecular complexity index is 636. The van der Waals surface area contributed by atoms with Gasteiger partial charge in [-0.05, 0) is 20.8 Å². The Labute approximate surface area is 152 Å². The number of carbonyl (C=O) groups is 3. The summed E-state index contributed by atoms with van der Waals surface area (Å²) in [6.07, 6.45) is 4.08. The zero-order valence-electron chi connectivity index (χ0n) is 15.4. The number of alkyl carbamates (subject to hydrolysis) is 1. The molecule has 1 aromatic rings. The Morgan fingerprint density at radius 3 is 2.35 bits per heavy atom. The Kier molecular flexibility index (Phi) is 6.48. The topological polar surface area (TPSA) is 105 Å². The van der Waals surface area contributed by atoms with Crippen LogP contribution in [0, 0.1) is 0 Å². The Balaban J connectivity index is 1.71. The van der Waals surface area contributed by atoms with Gasteiger partial charge < -0.3 is 19.9 Å². The van der Waals surface area contributed by atoms with Crippen LogP contribution in [0.4, 0.5) is 4.79 Å². The normalized spacial score (nSPS) is 14.7. The second-order valence-electron chi connectivity index (χ2n) is 6.94. The highest BCUT2D eigenvalue weighted by Gasteiger charge is 2.25. The SMILES string of the molecule is CC(C)(C)OC(=O)NCCC(=O)N1CCN(C(=O)c2cnccn2)CC1. The smallest absolute Gasteiger partial charge is 0.407 e. The van der Waals surface area contributed by atoms with Gasteiger partial charge in [0.25, 0.3) is 5.91 Å². The van der Waals surface area contributed by atoms with Crippen LogP contribution in [0.5, 0.6) is 0 Å². The summed E-state index contributed by atoms with van der Waals surface area (Å²) in [4.78, 5) is 47.3. The summed E-state index contributed by atoms with van der Waals surface area (Å²) < 4.78 is 5.12. The molecule has 2 heterocycles. The zero-order chi connectivity index (χ0) is 19.2. The van der Waals surface area contributed by atoms with Gasteiger partial charge in [0, 0.05) is 51.5 Å². The van der Waals surface area contributed by atoms with Gasteiger partial charge in [-0.1, -0.05) is 0 Å². The minimum atomic E-state index is -0.569. The fourth-order valence-corrected chi connectivity index (χ4v) is 2.47. The van der Waals surface area contributed by atoms with E-state index in [1.807, 2.05) is 0 Å². The number of hydrogen-bond acceptors (Lipinski definition) is 6. The molecule has 1 saturated heterocycles. The Hall–Kier alpha value is -2.71. The number of amides is 3.